The van der Waals surface area contributed by atoms with Crippen LogP contribution in [0.1, 0.15) is 42.6 Å². The second-order valence-corrected chi connectivity index (χ2v) is 7.82. The molecule has 0 unspecified atom stereocenters. The number of aromatic nitrogens is 3. The summed E-state index contributed by atoms with van der Waals surface area (Å²) < 4.78 is 25.0. The lowest BCUT2D eigenvalue weighted by Crippen LogP contribution is -2.23. The smallest absolute Gasteiger partial charge is 0.158 e. The average Bonchev–Trinajstić information content (AvgIpc) is 2.80. The molecule has 3 heterocycles. The van der Waals surface area contributed by atoms with Crippen molar-refractivity contribution in [3.05, 3.63) is 29.2 Å². The van der Waals surface area contributed by atoms with Gasteiger partial charge in [0, 0.05) is 22.9 Å². The van der Waals surface area contributed by atoms with Crippen LogP contribution in [0.15, 0.2) is 12.3 Å². The highest BCUT2D eigenvalue weighted by Gasteiger charge is 2.26. The molecule has 0 amide bonds. The van der Waals surface area contributed by atoms with Crippen molar-refractivity contribution in [1.82, 2.24) is 14.6 Å². The predicted octanol–water partition coefficient (Wildman–Crippen LogP) is 1.89. The number of rotatable bonds is 2. The number of sulfone groups is 1. The quantitative estimate of drug-likeness (QED) is 0.848. The van der Waals surface area contributed by atoms with Gasteiger partial charge in [-0.1, -0.05) is 6.92 Å². The van der Waals surface area contributed by atoms with Crippen molar-refractivity contribution >= 4 is 15.5 Å². The van der Waals surface area contributed by atoms with Crippen molar-refractivity contribution in [2.75, 3.05) is 11.5 Å². The summed E-state index contributed by atoms with van der Waals surface area (Å²) in [5, 5.41) is 4.36. The van der Waals surface area contributed by atoms with Gasteiger partial charge in [-0.3, -0.25) is 0 Å². The zero-order chi connectivity index (χ0) is 14.3. The third kappa shape index (κ3) is 2.32. The van der Waals surface area contributed by atoms with E-state index in [0.29, 0.717) is 12.8 Å². The Kier molecular flexibility index (Phi) is 3.28. The van der Waals surface area contributed by atoms with Crippen molar-refractivity contribution in [1.29, 1.82) is 0 Å². The Hall–Kier alpha value is -1.43. The predicted molar refractivity (Wildman–Crippen MR) is 77.7 cm³/mol. The molecule has 2 aromatic heterocycles. The van der Waals surface area contributed by atoms with Crippen LogP contribution in [0, 0.1) is 6.92 Å². The third-order valence-electron chi connectivity index (χ3n) is 4.08. The summed E-state index contributed by atoms with van der Waals surface area (Å²) in [5.74, 6) is 0.817. The van der Waals surface area contributed by atoms with Gasteiger partial charge in [0.25, 0.3) is 0 Å². The number of aryl methyl sites for hydroxylation is 2. The summed E-state index contributed by atoms with van der Waals surface area (Å²) >= 11 is 0. The molecule has 1 fully saturated rings. The van der Waals surface area contributed by atoms with Crippen molar-refractivity contribution in [2.45, 2.75) is 39.0 Å². The summed E-state index contributed by atoms with van der Waals surface area (Å²) in [6.45, 7) is 4.10. The number of nitrogens with zero attached hydrogens (tertiary/aromatic N) is 3. The summed E-state index contributed by atoms with van der Waals surface area (Å²) in [7, 11) is -2.82. The molecule has 0 atom stereocenters. The topological polar surface area (TPSA) is 64.3 Å². The van der Waals surface area contributed by atoms with Gasteiger partial charge in [-0.05, 0) is 32.3 Å². The molecule has 1 aliphatic rings. The molecule has 6 heteroatoms. The van der Waals surface area contributed by atoms with Gasteiger partial charge in [-0.25, -0.2) is 17.9 Å². The lowest BCUT2D eigenvalue weighted by molar-refractivity contribution is 0.544. The van der Waals surface area contributed by atoms with Crippen molar-refractivity contribution in [3.63, 3.8) is 0 Å². The van der Waals surface area contributed by atoms with E-state index in [1.807, 2.05) is 17.6 Å². The maximum Gasteiger partial charge on any atom is 0.158 e. The fourth-order valence-electron chi connectivity index (χ4n) is 2.80. The van der Waals surface area contributed by atoms with Crippen LogP contribution in [0.3, 0.4) is 0 Å². The maximum atomic E-state index is 11.5. The van der Waals surface area contributed by atoms with Gasteiger partial charge >= 0.3 is 0 Å². The first kappa shape index (κ1) is 13.5. The second-order valence-electron chi connectivity index (χ2n) is 5.51. The molecule has 1 saturated heterocycles. The zero-order valence-corrected chi connectivity index (χ0v) is 12.7. The molecule has 2 aromatic rings. The molecule has 0 spiro atoms. The Balaban J connectivity index is 2.02. The molecule has 0 aromatic carbocycles. The van der Waals surface area contributed by atoms with Crippen LogP contribution in [-0.2, 0) is 16.3 Å². The van der Waals surface area contributed by atoms with Gasteiger partial charge in [0.1, 0.15) is 9.84 Å². The minimum absolute atomic E-state index is 0.253. The average molecular weight is 293 g/mol. The molecule has 0 aliphatic carbocycles. The molecule has 0 radical (unpaired) electrons. The van der Waals surface area contributed by atoms with E-state index in [1.165, 1.54) is 0 Å². The fraction of sp³-hybridized carbons (Fsp3) is 0.571. The minimum atomic E-state index is -2.82. The summed E-state index contributed by atoms with van der Waals surface area (Å²) in [5.41, 5.74) is 4.11. The minimum Gasteiger partial charge on any atom is -0.233 e. The van der Waals surface area contributed by atoms with Crippen molar-refractivity contribution < 1.29 is 8.42 Å². The first-order chi connectivity index (χ1) is 9.50. The van der Waals surface area contributed by atoms with Gasteiger partial charge in [0.05, 0.1) is 17.7 Å². The fourth-order valence-corrected chi connectivity index (χ4v) is 4.29. The summed E-state index contributed by atoms with van der Waals surface area (Å²) in [4.78, 5) is 4.72. The molecule has 0 saturated carbocycles. The van der Waals surface area contributed by atoms with E-state index in [4.69, 9.17) is 4.98 Å². The van der Waals surface area contributed by atoms with Crippen molar-refractivity contribution in [2.24, 2.45) is 0 Å². The number of hydrogen-bond donors (Lipinski definition) is 0. The highest BCUT2D eigenvalue weighted by Crippen LogP contribution is 2.29. The number of fused-ring (bicyclic) bond motifs is 1. The van der Waals surface area contributed by atoms with Crippen LogP contribution in [-0.4, -0.2) is 34.5 Å². The highest BCUT2D eigenvalue weighted by molar-refractivity contribution is 7.91. The van der Waals surface area contributed by atoms with E-state index in [0.717, 1.165) is 29.0 Å². The normalized spacial score (nSPS) is 19.5. The molecule has 1 aliphatic heterocycles. The molecular weight excluding hydrogens is 274 g/mol. The Morgan fingerprint density at radius 2 is 2.05 bits per heavy atom. The largest absolute Gasteiger partial charge is 0.233 e. The standard InChI is InChI=1S/C14H19N3O2S/c1-3-12-8-13(11-4-6-20(18,19)7-5-11)16-14-10(2)9-15-17(12)14/h8-9,11H,3-7H2,1-2H3. The van der Waals surface area contributed by atoms with Gasteiger partial charge in [0.2, 0.25) is 0 Å². The molecule has 5 nitrogen and oxygen atoms in total. The van der Waals surface area contributed by atoms with Crippen LogP contribution in [0.25, 0.3) is 5.65 Å². The van der Waals surface area contributed by atoms with E-state index < -0.39 is 9.84 Å². The summed E-state index contributed by atoms with van der Waals surface area (Å²) in [6.07, 6.45) is 4.08. The molecule has 0 bridgehead atoms. The monoisotopic (exact) mass is 293 g/mol. The van der Waals surface area contributed by atoms with Gasteiger partial charge in [-0.2, -0.15) is 5.10 Å². The van der Waals surface area contributed by atoms with E-state index in [9.17, 15) is 8.42 Å². The van der Waals surface area contributed by atoms with Crippen molar-refractivity contribution in [3.8, 4) is 0 Å². The van der Waals surface area contributed by atoms with E-state index in [2.05, 4.69) is 18.1 Å². The maximum absolute atomic E-state index is 11.5. The molecule has 3 rings (SSSR count). The summed E-state index contributed by atoms with van der Waals surface area (Å²) in [6, 6.07) is 2.09. The SMILES string of the molecule is CCc1cc(C2CCS(=O)(=O)CC2)nc2c(C)cnn12. The first-order valence-corrected chi connectivity index (χ1v) is 8.87. The Labute approximate surface area is 118 Å². The van der Waals surface area contributed by atoms with E-state index in [1.54, 1.807) is 0 Å². The number of hydrogen-bond acceptors (Lipinski definition) is 4. The van der Waals surface area contributed by atoms with E-state index in [-0.39, 0.29) is 17.4 Å². The third-order valence-corrected chi connectivity index (χ3v) is 5.79. The lowest BCUT2D eigenvalue weighted by atomic mass is 9.97. The molecule has 108 valence electrons. The lowest BCUT2D eigenvalue weighted by Gasteiger charge is -2.22. The first-order valence-electron chi connectivity index (χ1n) is 7.05. The van der Waals surface area contributed by atoms with Gasteiger partial charge in [-0.15, -0.1) is 0 Å². The Morgan fingerprint density at radius 3 is 2.70 bits per heavy atom. The molecule has 0 N–H and O–H groups in total. The Morgan fingerprint density at radius 1 is 1.35 bits per heavy atom. The van der Waals surface area contributed by atoms with Crippen LogP contribution in [0.4, 0.5) is 0 Å². The van der Waals surface area contributed by atoms with Gasteiger partial charge < -0.3 is 0 Å². The second kappa shape index (κ2) is 4.84. The molecular formula is C14H19N3O2S. The zero-order valence-electron chi connectivity index (χ0n) is 11.8. The van der Waals surface area contributed by atoms with Crippen LogP contribution >= 0.6 is 0 Å². The molecule has 20 heavy (non-hydrogen) atoms. The highest BCUT2D eigenvalue weighted by atomic mass is 32.2. The van der Waals surface area contributed by atoms with Crippen LogP contribution in [0.5, 0.6) is 0 Å². The van der Waals surface area contributed by atoms with Gasteiger partial charge in [0.15, 0.2) is 5.65 Å². The Bertz CT molecular complexity index is 735. The van der Waals surface area contributed by atoms with Crippen LogP contribution in [0.2, 0.25) is 0 Å². The van der Waals surface area contributed by atoms with E-state index >= 15 is 0 Å². The van der Waals surface area contributed by atoms with Crippen LogP contribution < -0.4 is 0 Å².